The fourth-order valence-electron chi connectivity index (χ4n) is 1.14. The highest BCUT2D eigenvalue weighted by molar-refractivity contribution is 6.29. The van der Waals surface area contributed by atoms with Gasteiger partial charge in [0, 0.05) is 11.8 Å². The third-order valence-electron chi connectivity index (χ3n) is 1.89. The topological polar surface area (TPSA) is 68.1 Å². The summed E-state index contributed by atoms with van der Waals surface area (Å²) in [4.78, 5) is 14.2. The summed E-state index contributed by atoms with van der Waals surface area (Å²) in [6.45, 7) is 3.66. The van der Waals surface area contributed by atoms with E-state index in [4.69, 9.17) is 11.6 Å². The van der Waals surface area contributed by atoms with Crippen molar-refractivity contribution >= 4 is 23.1 Å². The zero-order chi connectivity index (χ0) is 12.8. The number of hydrogen-bond acceptors (Lipinski definition) is 4. The van der Waals surface area contributed by atoms with Crippen molar-refractivity contribution in [2.75, 3.05) is 5.32 Å². The Morgan fingerprint density at radius 3 is 2.88 bits per heavy atom. The molecule has 5 nitrogen and oxygen atoms in total. The highest BCUT2D eigenvalue weighted by Gasteiger charge is 2.15. The number of anilines is 1. The molecule has 0 saturated carbocycles. The monoisotopic (exact) mass is 253 g/mol. The average molecular weight is 254 g/mol. The zero-order valence-corrected chi connectivity index (χ0v) is 10.2. The van der Waals surface area contributed by atoms with E-state index in [0.29, 0.717) is 0 Å². The highest BCUT2D eigenvalue weighted by atomic mass is 35.5. The highest BCUT2D eigenvalue weighted by Crippen LogP contribution is 2.24. The standard InChI is InChI=1S/C11H12ClN3O2/c1-3-4-5-8(2)13-11-9(15(16)17)6-7-10(12)14-11/h3-7H,1-2H3,(H,13,14)/b4-3+,8-5+. The van der Waals surface area contributed by atoms with Crippen molar-refractivity contribution in [3.8, 4) is 0 Å². The molecule has 1 aromatic rings. The van der Waals surface area contributed by atoms with Crippen molar-refractivity contribution in [1.29, 1.82) is 0 Å². The van der Waals surface area contributed by atoms with E-state index in [0.717, 1.165) is 5.70 Å². The number of aromatic nitrogens is 1. The lowest BCUT2D eigenvalue weighted by Crippen LogP contribution is -2.02. The van der Waals surface area contributed by atoms with Crippen LogP contribution in [-0.4, -0.2) is 9.91 Å². The second-order valence-electron chi connectivity index (χ2n) is 3.26. The molecule has 0 fully saturated rings. The lowest BCUT2D eigenvalue weighted by Gasteiger charge is -2.05. The molecule has 1 aromatic heterocycles. The van der Waals surface area contributed by atoms with Crippen LogP contribution in [0.15, 0.2) is 36.1 Å². The fourth-order valence-corrected chi connectivity index (χ4v) is 1.28. The minimum atomic E-state index is -0.505. The molecule has 1 N–H and O–H groups in total. The molecular formula is C11H12ClN3O2. The van der Waals surface area contributed by atoms with Gasteiger partial charge >= 0.3 is 5.69 Å². The van der Waals surface area contributed by atoms with E-state index in [1.165, 1.54) is 12.1 Å². The van der Waals surface area contributed by atoms with Crippen molar-refractivity contribution in [2.45, 2.75) is 13.8 Å². The molecule has 0 saturated heterocycles. The Morgan fingerprint density at radius 1 is 1.59 bits per heavy atom. The zero-order valence-electron chi connectivity index (χ0n) is 9.48. The quantitative estimate of drug-likeness (QED) is 0.386. The molecule has 1 heterocycles. The summed E-state index contributed by atoms with van der Waals surface area (Å²) >= 11 is 5.70. The predicted molar refractivity (Wildman–Crippen MR) is 68.1 cm³/mol. The largest absolute Gasteiger partial charge is 0.338 e. The van der Waals surface area contributed by atoms with Crippen molar-refractivity contribution in [3.63, 3.8) is 0 Å². The van der Waals surface area contributed by atoms with Gasteiger partial charge in [-0.1, -0.05) is 23.8 Å². The average Bonchev–Trinajstić information content (AvgIpc) is 2.26. The van der Waals surface area contributed by atoms with Gasteiger partial charge in [-0.3, -0.25) is 10.1 Å². The van der Waals surface area contributed by atoms with Crippen molar-refractivity contribution < 1.29 is 4.92 Å². The third-order valence-corrected chi connectivity index (χ3v) is 2.10. The smallest absolute Gasteiger partial charge is 0.311 e. The summed E-state index contributed by atoms with van der Waals surface area (Å²) in [6.07, 6.45) is 5.45. The Kier molecular flexibility index (Phi) is 4.66. The molecule has 0 spiro atoms. The van der Waals surface area contributed by atoms with Crippen LogP contribution in [-0.2, 0) is 0 Å². The maximum atomic E-state index is 10.8. The number of rotatable bonds is 4. The Labute approximate surface area is 104 Å². The summed E-state index contributed by atoms with van der Waals surface area (Å²) in [5.74, 6) is 0.140. The summed E-state index contributed by atoms with van der Waals surface area (Å²) < 4.78 is 0. The first-order chi connectivity index (χ1) is 8.04. The molecule has 6 heteroatoms. The second kappa shape index (κ2) is 6.00. The molecule has 0 bridgehead atoms. The molecule has 0 aliphatic heterocycles. The van der Waals surface area contributed by atoms with E-state index in [-0.39, 0.29) is 16.7 Å². The van der Waals surface area contributed by atoms with Gasteiger partial charge in [-0.2, -0.15) is 0 Å². The van der Waals surface area contributed by atoms with Gasteiger partial charge < -0.3 is 5.32 Å². The molecule has 0 amide bonds. The van der Waals surface area contributed by atoms with Gasteiger partial charge in [-0.25, -0.2) is 4.98 Å². The number of nitrogens with zero attached hydrogens (tertiary/aromatic N) is 2. The van der Waals surface area contributed by atoms with Crippen LogP contribution < -0.4 is 5.32 Å². The lowest BCUT2D eigenvalue weighted by molar-refractivity contribution is -0.384. The van der Waals surface area contributed by atoms with Crippen molar-refractivity contribution in [1.82, 2.24) is 4.98 Å². The van der Waals surface area contributed by atoms with E-state index in [9.17, 15) is 10.1 Å². The van der Waals surface area contributed by atoms with Gasteiger partial charge in [0.15, 0.2) is 0 Å². The van der Waals surface area contributed by atoms with E-state index < -0.39 is 4.92 Å². The number of allylic oxidation sites excluding steroid dienone is 4. The van der Waals surface area contributed by atoms with Gasteiger partial charge in [-0.05, 0) is 26.0 Å². The van der Waals surface area contributed by atoms with Crippen LogP contribution in [0.1, 0.15) is 13.8 Å². The Hall–Kier alpha value is -1.88. The first kappa shape index (κ1) is 13.2. The summed E-state index contributed by atoms with van der Waals surface area (Å²) in [5.41, 5.74) is 0.628. The number of nitro groups is 1. The van der Waals surface area contributed by atoms with Crippen LogP contribution in [0.4, 0.5) is 11.5 Å². The van der Waals surface area contributed by atoms with Crippen molar-refractivity contribution in [3.05, 3.63) is 51.3 Å². The summed E-state index contributed by atoms with van der Waals surface area (Å²) in [6, 6.07) is 2.70. The van der Waals surface area contributed by atoms with E-state index in [1.54, 1.807) is 13.0 Å². The summed E-state index contributed by atoms with van der Waals surface area (Å²) in [5, 5.41) is 13.8. The van der Waals surface area contributed by atoms with Gasteiger partial charge in [0.1, 0.15) is 5.15 Å². The molecular weight excluding hydrogens is 242 g/mol. The normalized spacial score (nSPS) is 11.8. The number of halogens is 1. The first-order valence-electron chi connectivity index (χ1n) is 4.92. The lowest BCUT2D eigenvalue weighted by atomic mass is 10.3. The van der Waals surface area contributed by atoms with Gasteiger partial charge in [0.2, 0.25) is 5.82 Å². The van der Waals surface area contributed by atoms with Gasteiger partial charge in [0.05, 0.1) is 4.92 Å². The maximum Gasteiger partial charge on any atom is 0.311 e. The van der Waals surface area contributed by atoms with E-state index in [2.05, 4.69) is 10.3 Å². The minimum Gasteiger partial charge on any atom is -0.338 e. The van der Waals surface area contributed by atoms with Crippen LogP contribution in [0.2, 0.25) is 5.15 Å². The van der Waals surface area contributed by atoms with E-state index in [1.807, 2.05) is 19.1 Å². The van der Waals surface area contributed by atoms with Crippen LogP contribution in [0.25, 0.3) is 0 Å². The molecule has 0 aliphatic carbocycles. The molecule has 0 aromatic carbocycles. The molecule has 17 heavy (non-hydrogen) atoms. The Morgan fingerprint density at radius 2 is 2.29 bits per heavy atom. The Balaban J connectivity index is 3.04. The van der Waals surface area contributed by atoms with Crippen molar-refractivity contribution in [2.24, 2.45) is 0 Å². The molecule has 0 unspecified atom stereocenters. The Bertz CT molecular complexity index is 484. The second-order valence-corrected chi connectivity index (χ2v) is 3.65. The SMILES string of the molecule is C/C=C/C=C(\C)Nc1nc(Cl)ccc1[N+](=O)[O-]. The first-order valence-corrected chi connectivity index (χ1v) is 5.30. The van der Waals surface area contributed by atoms with Crippen LogP contribution in [0.5, 0.6) is 0 Å². The van der Waals surface area contributed by atoms with Crippen LogP contribution in [0, 0.1) is 10.1 Å². The van der Waals surface area contributed by atoms with Gasteiger partial charge in [0.25, 0.3) is 0 Å². The van der Waals surface area contributed by atoms with E-state index >= 15 is 0 Å². The minimum absolute atomic E-state index is 0.109. The number of nitrogens with one attached hydrogen (secondary N) is 1. The fraction of sp³-hybridized carbons (Fsp3) is 0.182. The third kappa shape index (κ3) is 3.88. The summed E-state index contributed by atoms with van der Waals surface area (Å²) in [7, 11) is 0. The molecule has 1 rings (SSSR count). The number of hydrogen-bond donors (Lipinski definition) is 1. The predicted octanol–water partition coefficient (Wildman–Crippen LogP) is 3.54. The van der Waals surface area contributed by atoms with Crippen LogP contribution in [0.3, 0.4) is 0 Å². The molecule has 0 aliphatic rings. The number of pyridine rings is 1. The molecule has 90 valence electrons. The maximum absolute atomic E-state index is 10.8. The van der Waals surface area contributed by atoms with Gasteiger partial charge in [-0.15, -0.1) is 0 Å². The van der Waals surface area contributed by atoms with Crippen LogP contribution >= 0.6 is 11.6 Å². The molecule has 0 atom stereocenters. The molecule has 0 radical (unpaired) electrons.